The molecule has 1 fully saturated rings. The molecule has 1 aromatic rings. The third kappa shape index (κ3) is 3.32. The molecule has 6 heteroatoms. The fourth-order valence-electron chi connectivity index (χ4n) is 2.98. The number of rotatable bonds is 4. The average molecular weight is 312 g/mol. The summed E-state index contributed by atoms with van der Waals surface area (Å²) in [5.41, 5.74) is 6.16. The van der Waals surface area contributed by atoms with Gasteiger partial charge in [-0.15, -0.1) is 0 Å². The van der Waals surface area contributed by atoms with Crippen molar-refractivity contribution in [3.05, 3.63) is 18.2 Å². The third-order valence-corrected chi connectivity index (χ3v) is 6.20. The maximum atomic E-state index is 12.9. The molecule has 1 aliphatic carbocycles. The molecule has 0 aromatic heterocycles. The molecule has 1 aliphatic rings. The van der Waals surface area contributed by atoms with Gasteiger partial charge in [0.05, 0.1) is 7.11 Å². The van der Waals surface area contributed by atoms with Gasteiger partial charge < -0.3 is 10.5 Å². The van der Waals surface area contributed by atoms with E-state index in [1.807, 2.05) is 0 Å². The minimum absolute atomic E-state index is 0.0462. The first-order valence-corrected chi connectivity index (χ1v) is 8.71. The normalized spacial score (nSPS) is 23.2. The topological polar surface area (TPSA) is 72.6 Å². The number of anilines is 1. The minimum atomic E-state index is -3.60. The third-order valence-electron chi connectivity index (χ3n) is 4.27. The summed E-state index contributed by atoms with van der Waals surface area (Å²) in [6.07, 6.45) is 4.05. The maximum absolute atomic E-state index is 12.9. The van der Waals surface area contributed by atoms with Crippen LogP contribution < -0.4 is 10.5 Å². The van der Waals surface area contributed by atoms with Crippen molar-refractivity contribution in [3.63, 3.8) is 0 Å². The van der Waals surface area contributed by atoms with E-state index in [2.05, 4.69) is 6.92 Å². The highest BCUT2D eigenvalue weighted by molar-refractivity contribution is 7.89. The molecule has 5 nitrogen and oxygen atoms in total. The Balaban J connectivity index is 2.35. The van der Waals surface area contributed by atoms with E-state index in [4.69, 9.17) is 10.5 Å². The van der Waals surface area contributed by atoms with Crippen molar-refractivity contribution < 1.29 is 13.2 Å². The van der Waals surface area contributed by atoms with Crippen molar-refractivity contribution in [2.75, 3.05) is 19.9 Å². The summed E-state index contributed by atoms with van der Waals surface area (Å²) in [6, 6.07) is 4.75. The highest BCUT2D eigenvalue weighted by Crippen LogP contribution is 2.33. The molecule has 0 saturated heterocycles. The smallest absolute Gasteiger partial charge is 0.246 e. The first-order chi connectivity index (χ1) is 9.86. The molecule has 1 aromatic carbocycles. The SMILES string of the molecule is COc1ccc(N)cc1S(=O)(=O)N(C)C1CCCC(C)C1. The summed E-state index contributed by atoms with van der Waals surface area (Å²) in [5.74, 6) is 0.893. The molecule has 0 spiro atoms. The number of methoxy groups -OCH3 is 1. The van der Waals surface area contributed by atoms with E-state index >= 15 is 0 Å². The van der Waals surface area contributed by atoms with Crippen LogP contribution in [-0.4, -0.2) is 32.9 Å². The van der Waals surface area contributed by atoms with Crippen molar-refractivity contribution in [1.82, 2.24) is 4.31 Å². The molecule has 2 unspecified atom stereocenters. The Kier molecular flexibility index (Phi) is 4.78. The number of nitrogens with two attached hydrogens (primary N) is 1. The molecule has 2 N–H and O–H groups in total. The van der Waals surface area contributed by atoms with Crippen molar-refractivity contribution in [3.8, 4) is 5.75 Å². The molecule has 21 heavy (non-hydrogen) atoms. The van der Waals surface area contributed by atoms with Gasteiger partial charge in [-0.25, -0.2) is 8.42 Å². The number of sulfonamides is 1. The Morgan fingerprint density at radius 2 is 2.05 bits per heavy atom. The van der Waals surface area contributed by atoms with Crippen LogP contribution >= 0.6 is 0 Å². The monoisotopic (exact) mass is 312 g/mol. The molecule has 2 rings (SSSR count). The first-order valence-electron chi connectivity index (χ1n) is 7.27. The van der Waals surface area contributed by atoms with E-state index in [0.29, 0.717) is 17.4 Å². The second-order valence-electron chi connectivity index (χ2n) is 5.86. The average Bonchev–Trinajstić information content (AvgIpc) is 2.46. The van der Waals surface area contributed by atoms with E-state index in [1.165, 1.54) is 23.9 Å². The quantitative estimate of drug-likeness (QED) is 0.867. The zero-order valence-electron chi connectivity index (χ0n) is 12.9. The van der Waals surface area contributed by atoms with Gasteiger partial charge in [-0.3, -0.25) is 0 Å². The van der Waals surface area contributed by atoms with Crippen LogP contribution in [0.3, 0.4) is 0 Å². The van der Waals surface area contributed by atoms with Crippen LogP contribution in [0.5, 0.6) is 5.75 Å². The van der Waals surface area contributed by atoms with E-state index in [0.717, 1.165) is 19.3 Å². The van der Waals surface area contributed by atoms with Crippen LogP contribution in [0.4, 0.5) is 5.69 Å². The van der Waals surface area contributed by atoms with Crippen molar-refractivity contribution in [2.24, 2.45) is 5.92 Å². The summed E-state index contributed by atoms with van der Waals surface area (Å²) < 4.78 is 32.4. The highest BCUT2D eigenvalue weighted by Gasteiger charge is 2.32. The Bertz CT molecular complexity index is 601. The molecule has 1 saturated carbocycles. The Hall–Kier alpha value is -1.27. The van der Waals surface area contributed by atoms with Gasteiger partial charge >= 0.3 is 0 Å². The lowest BCUT2D eigenvalue weighted by Crippen LogP contribution is -2.39. The number of hydrogen-bond donors (Lipinski definition) is 1. The number of nitrogen functional groups attached to an aromatic ring is 1. The van der Waals surface area contributed by atoms with Crippen LogP contribution in [-0.2, 0) is 10.0 Å². The van der Waals surface area contributed by atoms with Gasteiger partial charge in [0, 0.05) is 18.8 Å². The standard InChI is InChI=1S/C15H24N2O3S/c1-11-5-4-6-13(9-11)17(2)21(18,19)15-10-12(16)7-8-14(15)20-3/h7-8,10-11,13H,4-6,9,16H2,1-3H3. The molecule has 0 radical (unpaired) electrons. The van der Waals surface area contributed by atoms with Crippen LogP contribution in [0.25, 0.3) is 0 Å². The van der Waals surface area contributed by atoms with Crippen LogP contribution in [0, 0.1) is 5.92 Å². The van der Waals surface area contributed by atoms with Gasteiger partial charge in [-0.1, -0.05) is 19.8 Å². The summed E-state index contributed by atoms with van der Waals surface area (Å²) >= 11 is 0. The van der Waals surface area contributed by atoms with Gasteiger partial charge in [-0.05, 0) is 37.0 Å². The van der Waals surface area contributed by atoms with Crippen molar-refractivity contribution in [2.45, 2.75) is 43.5 Å². The molecule has 118 valence electrons. The number of benzene rings is 1. The molecule has 0 amide bonds. The van der Waals surface area contributed by atoms with Crippen molar-refractivity contribution >= 4 is 15.7 Å². The predicted molar refractivity (Wildman–Crippen MR) is 83.8 cm³/mol. The molecular weight excluding hydrogens is 288 g/mol. The Morgan fingerprint density at radius 3 is 2.67 bits per heavy atom. The summed E-state index contributed by atoms with van der Waals surface area (Å²) in [7, 11) is -0.480. The fraction of sp³-hybridized carbons (Fsp3) is 0.600. The lowest BCUT2D eigenvalue weighted by Gasteiger charge is -2.33. The van der Waals surface area contributed by atoms with Crippen LogP contribution in [0.15, 0.2) is 23.1 Å². The van der Waals surface area contributed by atoms with Gasteiger partial charge in [0.2, 0.25) is 10.0 Å². The second kappa shape index (κ2) is 6.23. The maximum Gasteiger partial charge on any atom is 0.246 e. The fourth-order valence-corrected chi connectivity index (χ4v) is 4.56. The van der Waals surface area contributed by atoms with Gasteiger partial charge in [0.25, 0.3) is 0 Å². The lowest BCUT2D eigenvalue weighted by molar-refractivity contribution is 0.238. The van der Waals surface area contributed by atoms with Gasteiger partial charge in [0.15, 0.2) is 0 Å². The molecule has 0 bridgehead atoms. The van der Waals surface area contributed by atoms with Crippen LogP contribution in [0.2, 0.25) is 0 Å². The summed E-state index contributed by atoms with van der Waals surface area (Å²) in [6.45, 7) is 2.17. The van der Waals surface area contributed by atoms with E-state index in [9.17, 15) is 8.42 Å². The van der Waals surface area contributed by atoms with E-state index < -0.39 is 10.0 Å². The summed E-state index contributed by atoms with van der Waals surface area (Å²) in [5, 5.41) is 0. The molecule has 2 atom stereocenters. The van der Waals surface area contributed by atoms with E-state index in [1.54, 1.807) is 19.2 Å². The zero-order chi connectivity index (χ0) is 15.6. The zero-order valence-corrected chi connectivity index (χ0v) is 13.7. The molecule has 0 heterocycles. The highest BCUT2D eigenvalue weighted by atomic mass is 32.2. The second-order valence-corrected chi connectivity index (χ2v) is 7.82. The Morgan fingerprint density at radius 1 is 1.33 bits per heavy atom. The summed E-state index contributed by atoms with van der Waals surface area (Å²) in [4.78, 5) is 0.144. The Labute approximate surface area is 127 Å². The van der Waals surface area contributed by atoms with E-state index in [-0.39, 0.29) is 10.9 Å². The lowest BCUT2D eigenvalue weighted by atomic mass is 9.87. The largest absolute Gasteiger partial charge is 0.495 e. The number of ether oxygens (including phenoxy) is 1. The molecule has 0 aliphatic heterocycles. The van der Waals surface area contributed by atoms with Gasteiger partial charge in [-0.2, -0.15) is 4.31 Å². The van der Waals surface area contributed by atoms with Crippen molar-refractivity contribution in [1.29, 1.82) is 0 Å². The number of nitrogens with zero attached hydrogens (tertiary/aromatic N) is 1. The number of hydrogen-bond acceptors (Lipinski definition) is 4. The van der Waals surface area contributed by atoms with Gasteiger partial charge in [0.1, 0.15) is 10.6 Å². The minimum Gasteiger partial charge on any atom is -0.495 e. The predicted octanol–water partition coefficient (Wildman–Crippen LogP) is 2.48. The molecular formula is C15H24N2O3S. The first kappa shape index (κ1) is 16.1. The van der Waals surface area contributed by atoms with Crippen LogP contribution in [0.1, 0.15) is 32.6 Å².